The molecule has 0 aliphatic heterocycles. The second-order valence-electron chi connectivity index (χ2n) is 5.27. The molecule has 2 heterocycles. The standard InChI is InChI=1S/C16H15FN2O3S2/c17-12-3-1-2-10(6-12)16-19-14(7-13(18)9-24(20)21)15(22-16)11-4-5-23-8-11/h1-6,8,13H,7,9,18H2,(H,20,21). The molecule has 0 fully saturated rings. The van der Waals surface area contributed by atoms with Gasteiger partial charge in [0.15, 0.2) is 16.8 Å². The lowest BCUT2D eigenvalue weighted by atomic mass is 10.1. The van der Waals surface area contributed by atoms with Gasteiger partial charge in [-0.05, 0) is 29.6 Å². The van der Waals surface area contributed by atoms with Gasteiger partial charge in [0.25, 0.3) is 0 Å². The van der Waals surface area contributed by atoms with Gasteiger partial charge in [-0.15, -0.1) is 0 Å². The van der Waals surface area contributed by atoms with Crippen LogP contribution in [0.5, 0.6) is 0 Å². The van der Waals surface area contributed by atoms with E-state index in [1.807, 2.05) is 16.8 Å². The first-order valence-corrected chi connectivity index (χ1v) is 9.36. The highest BCUT2D eigenvalue weighted by Gasteiger charge is 2.20. The van der Waals surface area contributed by atoms with Crippen LogP contribution in [0.4, 0.5) is 4.39 Å². The molecule has 126 valence electrons. The van der Waals surface area contributed by atoms with Crippen LogP contribution in [0.1, 0.15) is 5.69 Å². The summed E-state index contributed by atoms with van der Waals surface area (Å²) in [6.45, 7) is 0. The summed E-state index contributed by atoms with van der Waals surface area (Å²) < 4.78 is 39.2. The zero-order valence-electron chi connectivity index (χ0n) is 12.5. The van der Waals surface area contributed by atoms with Crippen molar-refractivity contribution in [1.29, 1.82) is 0 Å². The van der Waals surface area contributed by atoms with Crippen molar-refractivity contribution in [2.75, 3.05) is 5.75 Å². The Kier molecular flexibility index (Phi) is 5.20. The van der Waals surface area contributed by atoms with Gasteiger partial charge in [0.1, 0.15) is 5.82 Å². The molecule has 0 saturated carbocycles. The van der Waals surface area contributed by atoms with E-state index in [2.05, 4.69) is 4.98 Å². The largest absolute Gasteiger partial charge is 0.436 e. The highest BCUT2D eigenvalue weighted by atomic mass is 32.2. The van der Waals surface area contributed by atoms with Crippen molar-refractivity contribution in [3.63, 3.8) is 0 Å². The summed E-state index contributed by atoms with van der Waals surface area (Å²) in [6, 6.07) is 7.34. The zero-order chi connectivity index (χ0) is 17.1. The van der Waals surface area contributed by atoms with Crippen LogP contribution in [0.25, 0.3) is 22.8 Å². The Morgan fingerprint density at radius 3 is 2.88 bits per heavy atom. The number of benzene rings is 1. The van der Waals surface area contributed by atoms with Crippen LogP contribution in [0, 0.1) is 5.82 Å². The molecule has 2 aromatic heterocycles. The molecule has 0 bridgehead atoms. The molecule has 0 amide bonds. The van der Waals surface area contributed by atoms with E-state index in [0.717, 1.165) is 5.56 Å². The molecule has 0 aliphatic carbocycles. The van der Waals surface area contributed by atoms with Gasteiger partial charge >= 0.3 is 0 Å². The van der Waals surface area contributed by atoms with Gasteiger partial charge in [-0.3, -0.25) is 0 Å². The molecule has 0 spiro atoms. The van der Waals surface area contributed by atoms with E-state index >= 15 is 0 Å². The van der Waals surface area contributed by atoms with Crippen LogP contribution in [0.3, 0.4) is 0 Å². The quantitative estimate of drug-likeness (QED) is 0.654. The van der Waals surface area contributed by atoms with E-state index in [1.165, 1.54) is 23.5 Å². The van der Waals surface area contributed by atoms with Gasteiger partial charge in [-0.1, -0.05) is 6.07 Å². The zero-order valence-corrected chi connectivity index (χ0v) is 14.1. The summed E-state index contributed by atoms with van der Waals surface area (Å²) in [5.74, 6) is 0.417. The lowest BCUT2D eigenvalue weighted by Crippen LogP contribution is -2.29. The van der Waals surface area contributed by atoms with Gasteiger partial charge in [0, 0.05) is 29.0 Å². The predicted octanol–water partition coefficient (Wildman–Crippen LogP) is 3.30. The Hall–Kier alpha value is -1.87. The Balaban J connectivity index is 1.98. The van der Waals surface area contributed by atoms with Crippen molar-refractivity contribution in [1.82, 2.24) is 4.98 Å². The van der Waals surface area contributed by atoms with Crippen LogP contribution in [-0.2, 0) is 17.5 Å². The first-order chi connectivity index (χ1) is 11.5. The average Bonchev–Trinajstić information content (AvgIpc) is 3.15. The number of oxazole rings is 1. The Bertz CT molecular complexity index is 849. The highest BCUT2D eigenvalue weighted by molar-refractivity contribution is 7.79. The molecule has 8 heteroatoms. The maximum Gasteiger partial charge on any atom is 0.227 e. The van der Waals surface area contributed by atoms with Gasteiger partial charge < -0.3 is 14.7 Å². The molecule has 24 heavy (non-hydrogen) atoms. The SMILES string of the molecule is NC(Cc1nc(-c2cccc(F)c2)oc1-c1ccsc1)CS(=O)O. The molecule has 2 atom stereocenters. The maximum atomic E-state index is 13.4. The Labute approximate surface area is 144 Å². The Morgan fingerprint density at radius 2 is 2.21 bits per heavy atom. The minimum absolute atomic E-state index is 0.0504. The average molecular weight is 366 g/mol. The number of nitrogens with two attached hydrogens (primary N) is 1. The van der Waals surface area contributed by atoms with Crippen molar-refractivity contribution >= 4 is 22.4 Å². The first kappa shape index (κ1) is 17.0. The molecule has 3 N–H and O–H groups in total. The van der Waals surface area contributed by atoms with Crippen molar-refractivity contribution < 1.29 is 17.6 Å². The minimum Gasteiger partial charge on any atom is -0.436 e. The van der Waals surface area contributed by atoms with E-state index in [0.29, 0.717) is 22.9 Å². The number of aromatic nitrogens is 1. The third-order valence-electron chi connectivity index (χ3n) is 3.36. The van der Waals surface area contributed by atoms with Gasteiger partial charge in [-0.2, -0.15) is 11.3 Å². The highest BCUT2D eigenvalue weighted by Crippen LogP contribution is 2.32. The van der Waals surface area contributed by atoms with E-state index in [1.54, 1.807) is 12.1 Å². The molecule has 2 unspecified atom stereocenters. The van der Waals surface area contributed by atoms with Crippen LogP contribution in [-0.4, -0.2) is 25.5 Å². The second-order valence-corrected chi connectivity index (χ2v) is 7.03. The second kappa shape index (κ2) is 7.35. The fourth-order valence-corrected chi connectivity index (χ4v) is 3.46. The normalized spacial score (nSPS) is 13.8. The summed E-state index contributed by atoms with van der Waals surface area (Å²) >= 11 is -0.463. The number of halogens is 1. The summed E-state index contributed by atoms with van der Waals surface area (Å²) in [5.41, 5.74) is 7.87. The molecular weight excluding hydrogens is 351 g/mol. The third kappa shape index (κ3) is 3.96. The van der Waals surface area contributed by atoms with Crippen LogP contribution < -0.4 is 5.73 Å². The molecule has 3 aromatic rings. The first-order valence-electron chi connectivity index (χ1n) is 7.14. The molecule has 5 nitrogen and oxygen atoms in total. The lowest BCUT2D eigenvalue weighted by molar-refractivity contribution is 0.553. The van der Waals surface area contributed by atoms with Crippen molar-refractivity contribution in [2.24, 2.45) is 5.73 Å². The van der Waals surface area contributed by atoms with Crippen LogP contribution in [0.15, 0.2) is 45.5 Å². The van der Waals surface area contributed by atoms with Crippen molar-refractivity contribution in [3.8, 4) is 22.8 Å². The molecule has 1 aromatic carbocycles. The fraction of sp³-hybridized carbons (Fsp3) is 0.188. The van der Waals surface area contributed by atoms with Crippen LogP contribution in [0.2, 0.25) is 0 Å². The van der Waals surface area contributed by atoms with E-state index in [4.69, 9.17) is 14.7 Å². The molecule has 0 aliphatic rings. The topological polar surface area (TPSA) is 89.4 Å². The smallest absolute Gasteiger partial charge is 0.227 e. The van der Waals surface area contributed by atoms with Crippen LogP contribution >= 0.6 is 11.3 Å². The monoisotopic (exact) mass is 366 g/mol. The summed E-state index contributed by atoms with van der Waals surface area (Å²) in [7, 11) is 0. The Morgan fingerprint density at radius 1 is 1.38 bits per heavy atom. The van der Waals surface area contributed by atoms with E-state index < -0.39 is 17.1 Å². The lowest BCUT2D eigenvalue weighted by Gasteiger charge is -2.07. The van der Waals surface area contributed by atoms with Gasteiger partial charge in [-0.25, -0.2) is 13.6 Å². The predicted molar refractivity (Wildman–Crippen MR) is 92.5 cm³/mol. The summed E-state index contributed by atoms with van der Waals surface area (Å²) in [4.78, 5) is 4.44. The van der Waals surface area contributed by atoms with Crippen molar-refractivity contribution in [3.05, 3.63) is 52.6 Å². The van der Waals surface area contributed by atoms with Gasteiger partial charge in [0.05, 0.1) is 11.4 Å². The van der Waals surface area contributed by atoms with Crippen molar-refractivity contribution in [2.45, 2.75) is 12.5 Å². The number of rotatable bonds is 6. The molecule has 3 rings (SSSR count). The molecule has 0 radical (unpaired) electrons. The molecule has 0 saturated heterocycles. The molecular formula is C16H15FN2O3S2. The van der Waals surface area contributed by atoms with Gasteiger partial charge in [0.2, 0.25) is 5.89 Å². The number of hydrogen-bond acceptors (Lipinski definition) is 5. The maximum absolute atomic E-state index is 13.4. The van der Waals surface area contributed by atoms with E-state index in [-0.39, 0.29) is 18.0 Å². The minimum atomic E-state index is -1.98. The third-order valence-corrected chi connectivity index (χ3v) is 4.76. The number of hydrogen-bond donors (Lipinski definition) is 2. The fourth-order valence-electron chi connectivity index (χ4n) is 2.34. The number of thiophene rings is 1. The summed E-state index contributed by atoms with van der Waals surface area (Å²) in [5, 5.41) is 3.82. The van der Waals surface area contributed by atoms with E-state index in [9.17, 15) is 8.60 Å². The summed E-state index contributed by atoms with van der Waals surface area (Å²) in [6.07, 6.45) is 0.288. The number of nitrogens with zero attached hydrogens (tertiary/aromatic N) is 1.